The van der Waals surface area contributed by atoms with E-state index in [0.717, 1.165) is 5.56 Å². The first-order valence-corrected chi connectivity index (χ1v) is 6.61. The molecule has 1 N–H and O–H groups in total. The smallest absolute Gasteiger partial charge is 0.327 e. The number of hydrogen-bond donors (Lipinski definition) is 1. The summed E-state index contributed by atoms with van der Waals surface area (Å²) in [4.78, 5) is 12.0. The summed E-state index contributed by atoms with van der Waals surface area (Å²) in [5.41, 5.74) is 1.26. The third-order valence-electron chi connectivity index (χ3n) is 2.77. The molecule has 0 spiro atoms. The number of benzene rings is 1. The Bertz CT molecular complexity index is 432. The number of nitrogens with one attached hydrogen (secondary N) is 1. The van der Waals surface area contributed by atoms with E-state index < -0.39 is 6.04 Å². The average Bonchev–Trinajstić information content (AvgIpc) is 2.33. The second-order valence-electron chi connectivity index (χ2n) is 5.00. The van der Waals surface area contributed by atoms with Gasteiger partial charge in [0, 0.05) is 0 Å². The molecule has 0 aliphatic heterocycles. The Kier molecular flexibility index (Phi) is 5.96. The summed E-state index contributed by atoms with van der Waals surface area (Å²) in [5, 5.41) is 3.17. The van der Waals surface area contributed by atoms with Crippen molar-refractivity contribution in [2.24, 2.45) is 5.92 Å². The first kappa shape index (κ1) is 15.6. The lowest BCUT2D eigenvalue weighted by Crippen LogP contribution is -2.32. The summed E-state index contributed by atoms with van der Waals surface area (Å²) in [6.45, 7) is 8.60. The standard InChI is InChI=1S/C15H22FNO2/c1-5-19-15(18)14(17-9-10(2)3)12-6-7-13(16)11(4)8-12/h6-8,10,14,17H,5,9H2,1-4H3. The minimum Gasteiger partial charge on any atom is -0.465 e. The van der Waals surface area contributed by atoms with Crippen molar-refractivity contribution in [1.82, 2.24) is 5.32 Å². The Hall–Kier alpha value is -1.42. The van der Waals surface area contributed by atoms with E-state index in [1.165, 1.54) is 6.07 Å². The summed E-state index contributed by atoms with van der Waals surface area (Å²) >= 11 is 0. The maximum atomic E-state index is 13.3. The molecule has 1 rings (SSSR count). The molecule has 0 bridgehead atoms. The van der Waals surface area contributed by atoms with Crippen LogP contribution >= 0.6 is 0 Å². The highest BCUT2D eigenvalue weighted by Crippen LogP contribution is 2.18. The van der Waals surface area contributed by atoms with E-state index in [-0.39, 0.29) is 11.8 Å². The third kappa shape index (κ3) is 4.63. The van der Waals surface area contributed by atoms with Crippen LogP contribution in [0.25, 0.3) is 0 Å². The van der Waals surface area contributed by atoms with Gasteiger partial charge in [-0.1, -0.05) is 26.0 Å². The molecule has 0 amide bonds. The zero-order valence-corrected chi connectivity index (χ0v) is 12.0. The van der Waals surface area contributed by atoms with Gasteiger partial charge >= 0.3 is 5.97 Å². The largest absolute Gasteiger partial charge is 0.465 e. The molecule has 19 heavy (non-hydrogen) atoms. The molecule has 0 saturated carbocycles. The van der Waals surface area contributed by atoms with Crippen molar-refractivity contribution in [3.63, 3.8) is 0 Å². The molecule has 0 aromatic heterocycles. The van der Waals surface area contributed by atoms with Gasteiger partial charge in [0.2, 0.25) is 0 Å². The monoisotopic (exact) mass is 267 g/mol. The summed E-state index contributed by atoms with van der Waals surface area (Å²) in [7, 11) is 0. The van der Waals surface area contributed by atoms with Gasteiger partial charge in [0.05, 0.1) is 6.61 Å². The number of aryl methyl sites for hydroxylation is 1. The van der Waals surface area contributed by atoms with Gasteiger partial charge in [0.15, 0.2) is 0 Å². The predicted molar refractivity (Wildman–Crippen MR) is 73.4 cm³/mol. The predicted octanol–water partition coefficient (Wildman–Crippen LogP) is 2.98. The fourth-order valence-electron chi connectivity index (χ4n) is 1.76. The topological polar surface area (TPSA) is 38.3 Å². The van der Waals surface area contributed by atoms with Crippen LogP contribution < -0.4 is 5.32 Å². The average molecular weight is 267 g/mol. The first-order valence-electron chi connectivity index (χ1n) is 6.61. The van der Waals surface area contributed by atoms with E-state index in [2.05, 4.69) is 19.2 Å². The Morgan fingerprint density at radius 1 is 1.42 bits per heavy atom. The molecule has 106 valence electrons. The molecule has 1 aromatic carbocycles. The van der Waals surface area contributed by atoms with Crippen molar-refractivity contribution in [3.8, 4) is 0 Å². The molecule has 1 unspecified atom stereocenters. The summed E-state index contributed by atoms with van der Waals surface area (Å²) in [5.74, 6) is -0.178. The van der Waals surface area contributed by atoms with E-state index >= 15 is 0 Å². The van der Waals surface area contributed by atoms with Crippen molar-refractivity contribution in [3.05, 3.63) is 35.1 Å². The maximum Gasteiger partial charge on any atom is 0.327 e. The number of halogens is 1. The van der Waals surface area contributed by atoms with Crippen molar-refractivity contribution in [1.29, 1.82) is 0 Å². The Morgan fingerprint density at radius 2 is 2.11 bits per heavy atom. The minimum atomic E-state index is -0.540. The van der Waals surface area contributed by atoms with Crippen molar-refractivity contribution in [2.75, 3.05) is 13.2 Å². The van der Waals surface area contributed by atoms with Crippen molar-refractivity contribution >= 4 is 5.97 Å². The Labute approximate surface area is 114 Å². The molecule has 0 aliphatic rings. The molecule has 0 fully saturated rings. The third-order valence-corrected chi connectivity index (χ3v) is 2.77. The van der Waals surface area contributed by atoms with Crippen molar-refractivity contribution < 1.29 is 13.9 Å². The molecule has 1 aromatic rings. The number of carbonyl (C=O) groups is 1. The van der Waals surface area contributed by atoms with E-state index in [0.29, 0.717) is 24.6 Å². The lowest BCUT2D eigenvalue weighted by molar-refractivity contribution is -0.145. The van der Waals surface area contributed by atoms with Crippen LogP contribution in [0.15, 0.2) is 18.2 Å². The Balaban J connectivity index is 2.93. The minimum absolute atomic E-state index is 0.268. The van der Waals surface area contributed by atoms with Crippen LogP contribution in [0.3, 0.4) is 0 Å². The van der Waals surface area contributed by atoms with Crippen LogP contribution in [0.2, 0.25) is 0 Å². The van der Waals surface area contributed by atoms with Crippen LogP contribution in [0.4, 0.5) is 4.39 Å². The highest BCUT2D eigenvalue weighted by Gasteiger charge is 2.22. The van der Waals surface area contributed by atoms with Crippen LogP contribution in [0.5, 0.6) is 0 Å². The molecule has 4 heteroatoms. The van der Waals surface area contributed by atoms with Crippen molar-refractivity contribution in [2.45, 2.75) is 33.7 Å². The number of esters is 1. The van der Waals surface area contributed by atoms with Crippen LogP contribution in [0.1, 0.15) is 37.9 Å². The lowest BCUT2D eigenvalue weighted by Gasteiger charge is -2.19. The van der Waals surface area contributed by atoms with E-state index in [1.54, 1.807) is 26.0 Å². The molecule has 1 atom stereocenters. The SMILES string of the molecule is CCOC(=O)C(NCC(C)C)c1ccc(F)c(C)c1. The quantitative estimate of drug-likeness (QED) is 0.805. The van der Waals surface area contributed by atoms with Gasteiger partial charge in [0.25, 0.3) is 0 Å². The van der Waals surface area contributed by atoms with Gasteiger partial charge in [-0.3, -0.25) is 0 Å². The zero-order chi connectivity index (χ0) is 14.4. The lowest BCUT2D eigenvalue weighted by atomic mass is 10.0. The fraction of sp³-hybridized carbons (Fsp3) is 0.533. The first-order chi connectivity index (χ1) is 8.95. The van der Waals surface area contributed by atoms with Gasteiger partial charge in [0.1, 0.15) is 11.9 Å². The van der Waals surface area contributed by atoms with E-state index in [4.69, 9.17) is 4.74 Å². The molecule has 0 aliphatic carbocycles. The van der Waals surface area contributed by atoms with Crippen LogP contribution in [0, 0.1) is 18.7 Å². The number of carbonyl (C=O) groups excluding carboxylic acids is 1. The second-order valence-corrected chi connectivity index (χ2v) is 5.00. The van der Waals surface area contributed by atoms with Gasteiger partial charge in [-0.05, 0) is 43.5 Å². The number of hydrogen-bond acceptors (Lipinski definition) is 3. The molecule has 0 heterocycles. The molecular formula is C15H22FNO2. The summed E-state index contributed by atoms with van der Waals surface area (Å²) < 4.78 is 18.4. The van der Waals surface area contributed by atoms with Gasteiger partial charge in [-0.25, -0.2) is 9.18 Å². The zero-order valence-electron chi connectivity index (χ0n) is 12.0. The summed E-state index contributed by atoms with van der Waals surface area (Å²) in [6.07, 6.45) is 0. The van der Waals surface area contributed by atoms with Crippen LogP contribution in [-0.4, -0.2) is 19.1 Å². The maximum absolute atomic E-state index is 13.3. The molecule has 0 saturated heterocycles. The Morgan fingerprint density at radius 3 is 2.63 bits per heavy atom. The van der Waals surface area contributed by atoms with Gasteiger partial charge < -0.3 is 10.1 Å². The molecule has 0 radical (unpaired) electrons. The highest BCUT2D eigenvalue weighted by molar-refractivity contribution is 5.77. The molecule has 3 nitrogen and oxygen atoms in total. The van der Waals surface area contributed by atoms with E-state index in [1.807, 2.05) is 0 Å². The summed E-state index contributed by atoms with van der Waals surface area (Å²) in [6, 6.07) is 4.15. The molecular weight excluding hydrogens is 245 g/mol. The second kappa shape index (κ2) is 7.24. The van der Waals surface area contributed by atoms with E-state index in [9.17, 15) is 9.18 Å². The number of ether oxygens (including phenoxy) is 1. The van der Waals surface area contributed by atoms with Crippen LogP contribution in [-0.2, 0) is 9.53 Å². The number of rotatable bonds is 6. The highest BCUT2D eigenvalue weighted by atomic mass is 19.1. The normalized spacial score (nSPS) is 12.5. The fourth-order valence-corrected chi connectivity index (χ4v) is 1.76. The van der Waals surface area contributed by atoms with Gasteiger partial charge in [-0.15, -0.1) is 0 Å². The van der Waals surface area contributed by atoms with Gasteiger partial charge in [-0.2, -0.15) is 0 Å².